The van der Waals surface area contributed by atoms with Gasteiger partial charge in [0.1, 0.15) is 5.75 Å². The Morgan fingerprint density at radius 1 is 1.00 bits per heavy atom. The molecule has 1 atom stereocenters. The Kier molecular flexibility index (Phi) is 6.61. The first-order valence-electron chi connectivity index (χ1n) is 9.17. The summed E-state index contributed by atoms with van der Waals surface area (Å²) in [6, 6.07) is 14.8. The average molecular weight is 368 g/mol. The van der Waals surface area contributed by atoms with Crippen LogP contribution in [0.3, 0.4) is 0 Å². The standard InChI is InChI=1S/C22H28N2O3/c1-6-20(25)23-17-10-8-11-18(14-17)24-21(26)15(2)27-19-12-7-9-16(13-19)22(3,4)5/h7-15H,6H2,1-5H3,(H,23,25)(H,24,26). The summed E-state index contributed by atoms with van der Waals surface area (Å²) in [6.45, 7) is 9.89. The van der Waals surface area contributed by atoms with Crippen LogP contribution in [0.25, 0.3) is 0 Å². The second kappa shape index (κ2) is 8.71. The number of nitrogens with one attached hydrogen (secondary N) is 2. The van der Waals surface area contributed by atoms with Crippen LogP contribution in [0.5, 0.6) is 5.75 Å². The van der Waals surface area contributed by atoms with E-state index in [4.69, 9.17) is 4.74 Å². The molecule has 0 radical (unpaired) electrons. The highest BCUT2D eigenvalue weighted by Crippen LogP contribution is 2.26. The topological polar surface area (TPSA) is 67.4 Å². The van der Waals surface area contributed by atoms with E-state index in [9.17, 15) is 9.59 Å². The van der Waals surface area contributed by atoms with Gasteiger partial charge in [0.25, 0.3) is 5.91 Å². The van der Waals surface area contributed by atoms with E-state index >= 15 is 0 Å². The van der Waals surface area contributed by atoms with Crippen LogP contribution in [0.1, 0.15) is 46.6 Å². The number of carbonyl (C=O) groups is 2. The molecule has 2 N–H and O–H groups in total. The van der Waals surface area contributed by atoms with Gasteiger partial charge in [-0.3, -0.25) is 9.59 Å². The summed E-state index contributed by atoms with van der Waals surface area (Å²) in [7, 11) is 0. The molecular formula is C22H28N2O3. The maximum absolute atomic E-state index is 12.5. The molecule has 0 saturated carbocycles. The van der Waals surface area contributed by atoms with Crippen molar-refractivity contribution in [1.82, 2.24) is 0 Å². The van der Waals surface area contributed by atoms with Gasteiger partial charge in [-0.15, -0.1) is 0 Å². The highest BCUT2D eigenvalue weighted by atomic mass is 16.5. The maximum Gasteiger partial charge on any atom is 0.265 e. The maximum atomic E-state index is 12.5. The molecule has 2 amide bonds. The molecule has 5 nitrogen and oxygen atoms in total. The van der Waals surface area contributed by atoms with Gasteiger partial charge in [-0.1, -0.05) is 45.9 Å². The fourth-order valence-electron chi connectivity index (χ4n) is 2.46. The van der Waals surface area contributed by atoms with Crippen LogP contribution in [-0.4, -0.2) is 17.9 Å². The van der Waals surface area contributed by atoms with Crippen LogP contribution in [0.4, 0.5) is 11.4 Å². The monoisotopic (exact) mass is 368 g/mol. The highest BCUT2D eigenvalue weighted by Gasteiger charge is 2.18. The van der Waals surface area contributed by atoms with Gasteiger partial charge in [-0.05, 0) is 48.2 Å². The third kappa shape index (κ3) is 6.13. The second-order valence-electron chi connectivity index (χ2n) is 7.51. The molecule has 0 aliphatic rings. The highest BCUT2D eigenvalue weighted by molar-refractivity contribution is 5.96. The zero-order valence-corrected chi connectivity index (χ0v) is 16.6. The Balaban J connectivity index is 2.02. The molecule has 144 valence electrons. The molecule has 1 unspecified atom stereocenters. The normalized spacial score (nSPS) is 12.2. The molecule has 2 aromatic rings. The number of amides is 2. The van der Waals surface area contributed by atoms with E-state index in [0.29, 0.717) is 23.5 Å². The molecule has 0 heterocycles. The Labute approximate surface area is 161 Å². The van der Waals surface area contributed by atoms with E-state index in [1.165, 1.54) is 0 Å². The van der Waals surface area contributed by atoms with E-state index in [0.717, 1.165) is 5.56 Å². The molecule has 0 aliphatic carbocycles. The van der Waals surface area contributed by atoms with Crippen molar-refractivity contribution >= 4 is 23.2 Å². The molecule has 27 heavy (non-hydrogen) atoms. The summed E-state index contributed by atoms with van der Waals surface area (Å²) in [5, 5.41) is 5.60. The summed E-state index contributed by atoms with van der Waals surface area (Å²) in [4.78, 5) is 24.0. The molecule has 0 bridgehead atoms. The molecular weight excluding hydrogens is 340 g/mol. The van der Waals surface area contributed by atoms with Crippen molar-refractivity contribution in [2.75, 3.05) is 10.6 Å². The smallest absolute Gasteiger partial charge is 0.265 e. The van der Waals surface area contributed by atoms with E-state index < -0.39 is 6.10 Å². The first-order chi connectivity index (χ1) is 12.7. The van der Waals surface area contributed by atoms with Gasteiger partial charge in [0.05, 0.1) is 0 Å². The van der Waals surface area contributed by atoms with E-state index in [1.807, 2.05) is 24.3 Å². The van der Waals surface area contributed by atoms with Crippen LogP contribution in [0.15, 0.2) is 48.5 Å². The largest absolute Gasteiger partial charge is 0.481 e. The van der Waals surface area contributed by atoms with Crippen molar-refractivity contribution < 1.29 is 14.3 Å². The average Bonchev–Trinajstić information content (AvgIpc) is 2.61. The zero-order valence-electron chi connectivity index (χ0n) is 16.6. The number of hydrogen-bond donors (Lipinski definition) is 2. The predicted octanol–water partition coefficient (Wildman–Crippen LogP) is 4.74. The summed E-state index contributed by atoms with van der Waals surface area (Å²) in [5.41, 5.74) is 2.40. The molecule has 2 rings (SSSR count). The Morgan fingerprint density at radius 2 is 1.63 bits per heavy atom. The van der Waals surface area contributed by atoms with Crippen LogP contribution in [-0.2, 0) is 15.0 Å². The SMILES string of the molecule is CCC(=O)Nc1cccc(NC(=O)C(C)Oc2cccc(C(C)(C)C)c2)c1. The van der Waals surface area contributed by atoms with Gasteiger partial charge in [0.15, 0.2) is 6.10 Å². The lowest BCUT2D eigenvalue weighted by molar-refractivity contribution is -0.122. The number of carbonyl (C=O) groups excluding carboxylic acids is 2. The van der Waals surface area contributed by atoms with Gasteiger partial charge in [-0.2, -0.15) is 0 Å². The Bertz CT molecular complexity index is 809. The lowest BCUT2D eigenvalue weighted by atomic mass is 9.87. The third-order valence-electron chi connectivity index (χ3n) is 4.12. The van der Waals surface area contributed by atoms with Crippen molar-refractivity contribution in [2.45, 2.75) is 52.6 Å². The van der Waals surface area contributed by atoms with Gasteiger partial charge in [0, 0.05) is 17.8 Å². The molecule has 2 aromatic carbocycles. The van der Waals surface area contributed by atoms with Crippen molar-refractivity contribution in [3.05, 3.63) is 54.1 Å². The molecule has 0 saturated heterocycles. The van der Waals surface area contributed by atoms with Gasteiger partial charge >= 0.3 is 0 Å². The van der Waals surface area contributed by atoms with Crippen molar-refractivity contribution in [3.8, 4) is 5.75 Å². The number of rotatable bonds is 6. The van der Waals surface area contributed by atoms with Crippen LogP contribution >= 0.6 is 0 Å². The zero-order chi connectivity index (χ0) is 20.0. The van der Waals surface area contributed by atoms with E-state index in [2.05, 4.69) is 31.4 Å². The van der Waals surface area contributed by atoms with Crippen LogP contribution < -0.4 is 15.4 Å². The molecule has 0 aromatic heterocycles. The van der Waals surface area contributed by atoms with Crippen molar-refractivity contribution in [1.29, 1.82) is 0 Å². The summed E-state index contributed by atoms with van der Waals surface area (Å²) >= 11 is 0. The molecule has 5 heteroatoms. The Hall–Kier alpha value is -2.82. The first kappa shape index (κ1) is 20.5. The first-order valence-corrected chi connectivity index (χ1v) is 9.17. The molecule has 0 aliphatic heterocycles. The van der Waals surface area contributed by atoms with Crippen LogP contribution in [0, 0.1) is 0 Å². The van der Waals surface area contributed by atoms with Crippen molar-refractivity contribution in [3.63, 3.8) is 0 Å². The second-order valence-corrected chi connectivity index (χ2v) is 7.51. The number of anilines is 2. The van der Waals surface area contributed by atoms with Crippen LogP contribution in [0.2, 0.25) is 0 Å². The minimum absolute atomic E-state index is 0.00816. The van der Waals surface area contributed by atoms with Crippen molar-refractivity contribution in [2.24, 2.45) is 0 Å². The quantitative estimate of drug-likeness (QED) is 0.774. The number of benzene rings is 2. The van der Waals surface area contributed by atoms with E-state index in [1.54, 1.807) is 38.1 Å². The minimum Gasteiger partial charge on any atom is -0.481 e. The lowest BCUT2D eigenvalue weighted by Gasteiger charge is -2.21. The van der Waals surface area contributed by atoms with E-state index in [-0.39, 0.29) is 17.2 Å². The number of ether oxygens (including phenoxy) is 1. The van der Waals surface area contributed by atoms with Gasteiger partial charge in [-0.25, -0.2) is 0 Å². The minimum atomic E-state index is -0.658. The molecule has 0 spiro atoms. The number of hydrogen-bond acceptors (Lipinski definition) is 3. The summed E-state index contributed by atoms with van der Waals surface area (Å²) in [5.74, 6) is 0.332. The predicted molar refractivity (Wildman–Crippen MR) is 109 cm³/mol. The Morgan fingerprint density at radius 3 is 2.26 bits per heavy atom. The van der Waals surface area contributed by atoms with Gasteiger partial charge < -0.3 is 15.4 Å². The lowest BCUT2D eigenvalue weighted by Crippen LogP contribution is -2.30. The van der Waals surface area contributed by atoms with Gasteiger partial charge in [0.2, 0.25) is 5.91 Å². The third-order valence-corrected chi connectivity index (χ3v) is 4.12. The molecule has 0 fully saturated rings. The fraction of sp³-hybridized carbons (Fsp3) is 0.364. The summed E-state index contributed by atoms with van der Waals surface area (Å²) in [6.07, 6.45) is -0.260. The fourth-order valence-corrected chi connectivity index (χ4v) is 2.46. The summed E-state index contributed by atoms with van der Waals surface area (Å²) < 4.78 is 5.81.